The number of fused-ring (bicyclic) bond motifs is 1. The maximum absolute atomic E-state index is 13.2. The van der Waals surface area contributed by atoms with Gasteiger partial charge in [-0.1, -0.05) is 37.1 Å². The molecule has 8 nitrogen and oxygen atoms in total. The maximum atomic E-state index is 13.2. The lowest BCUT2D eigenvalue weighted by Crippen LogP contribution is -2.39. The summed E-state index contributed by atoms with van der Waals surface area (Å²) in [6.45, 7) is 2.08. The summed E-state index contributed by atoms with van der Waals surface area (Å²) in [5.74, 6) is 0.573. The Morgan fingerprint density at radius 2 is 1.86 bits per heavy atom. The van der Waals surface area contributed by atoms with E-state index in [9.17, 15) is 9.59 Å². The number of hydrogen-bond donors (Lipinski definition) is 2. The van der Waals surface area contributed by atoms with Gasteiger partial charge in [0.05, 0.1) is 24.1 Å². The van der Waals surface area contributed by atoms with E-state index in [0.717, 1.165) is 53.8 Å². The van der Waals surface area contributed by atoms with Crippen LogP contribution in [0, 0.1) is 5.41 Å². The van der Waals surface area contributed by atoms with Gasteiger partial charge < -0.3 is 19.9 Å². The zero-order valence-corrected chi connectivity index (χ0v) is 20.4. The van der Waals surface area contributed by atoms with E-state index in [1.54, 1.807) is 6.92 Å². The van der Waals surface area contributed by atoms with E-state index in [4.69, 9.17) is 20.9 Å². The number of carbonyl (C=O) groups is 2. The van der Waals surface area contributed by atoms with Crippen molar-refractivity contribution in [2.24, 2.45) is 12.8 Å². The maximum Gasteiger partial charge on any atom is 0.306 e. The molecule has 1 saturated carbocycles. The molecule has 2 aromatic carbocycles. The lowest BCUT2D eigenvalue weighted by Gasteiger charge is -2.29. The largest absolute Gasteiger partial charge is 0.466 e. The predicted octanol–water partition coefficient (Wildman–Crippen LogP) is 4.07. The fourth-order valence-corrected chi connectivity index (χ4v) is 4.81. The third kappa shape index (κ3) is 5.53. The zero-order chi connectivity index (χ0) is 24.9. The first-order valence-corrected chi connectivity index (χ1v) is 12.2. The molecule has 1 aliphatic carbocycles. The third-order valence-electron chi connectivity index (χ3n) is 6.67. The molecule has 0 bridgehead atoms. The monoisotopic (exact) mass is 475 g/mol. The second-order valence-electron chi connectivity index (χ2n) is 9.05. The summed E-state index contributed by atoms with van der Waals surface area (Å²) in [4.78, 5) is 31.8. The van der Waals surface area contributed by atoms with Gasteiger partial charge in [0.15, 0.2) is 0 Å². The molecular weight excluding hydrogens is 442 g/mol. The van der Waals surface area contributed by atoms with E-state index >= 15 is 0 Å². The highest BCUT2D eigenvalue weighted by Crippen LogP contribution is 2.31. The molecule has 0 radical (unpaired) electrons. The van der Waals surface area contributed by atoms with Gasteiger partial charge in [0, 0.05) is 37.2 Å². The number of nitrogens with two attached hydrogens (primary N) is 1. The molecule has 1 aliphatic rings. The minimum atomic E-state index is -0.339. The number of imidazole rings is 1. The van der Waals surface area contributed by atoms with Crippen LogP contribution in [0.15, 0.2) is 42.5 Å². The fourth-order valence-electron chi connectivity index (χ4n) is 4.81. The van der Waals surface area contributed by atoms with Crippen molar-refractivity contribution in [2.75, 3.05) is 11.5 Å². The van der Waals surface area contributed by atoms with Crippen LogP contribution in [-0.2, 0) is 27.8 Å². The molecule has 0 spiro atoms. The van der Waals surface area contributed by atoms with Gasteiger partial charge in [-0.25, -0.2) is 4.98 Å². The first-order valence-electron chi connectivity index (χ1n) is 12.2. The molecule has 0 saturated heterocycles. The lowest BCUT2D eigenvalue weighted by molar-refractivity contribution is -0.144. The van der Waals surface area contributed by atoms with Gasteiger partial charge in [-0.3, -0.25) is 15.0 Å². The molecule has 1 fully saturated rings. The number of carbonyl (C=O) groups excluding carboxylic acids is 2. The average molecular weight is 476 g/mol. The lowest BCUT2D eigenvalue weighted by atomic mass is 10.1. The van der Waals surface area contributed by atoms with E-state index in [2.05, 4.69) is 4.57 Å². The molecule has 35 heavy (non-hydrogen) atoms. The first-order chi connectivity index (χ1) is 16.9. The van der Waals surface area contributed by atoms with Gasteiger partial charge in [0.1, 0.15) is 11.7 Å². The van der Waals surface area contributed by atoms with E-state index in [1.165, 1.54) is 0 Å². The van der Waals surface area contributed by atoms with Crippen LogP contribution in [0.1, 0.15) is 62.4 Å². The molecule has 0 aliphatic heterocycles. The van der Waals surface area contributed by atoms with Crippen LogP contribution in [0.5, 0.6) is 0 Å². The van der Waals surface area contributed by atoms with Crippen LogP contribution >= 0.6 is 0 Å². The van der Waals surface area contributed by atoms with Crippen LogP contribution < -0.4 is 10.6 Å². The number of benzene rings is 2. The average Bonchev–Trinajstić information content (AvgIpc) is 3.47. The number of amidine groups is 1. The number of rotatable bonds is 9. The smallest absolute Gasteiger partial charge is 0.306 e. The summed E-state index contributed by atoms with van der Waals surface area (Å²) >= 11 is 0. The Kier molecular flexibility index (Phi) is 7.48. The second kappa shape index (κ2) is 10.7. The summed E-state index contributed by atoms with van der Waals surface area (Å²) < 4.78 is 7.07. The molecule has 184 valence electrons. The number of ether oxygens (including phenoxy) is 1. The standard InChI is InChI=1S/C27H33N5O3/c1-3-35-26(34)15-14-25(33)32(20-6-4-5-7-20)21-12-13-23-22(17-21)30-24(31(23)2)16-18-8-10-19(11-9-18)27(28)29/h8-13,17,20H,3-7,14-16H2,1-2H3,(H3,28,29). The topological polar surface area (TPSA) is 114 Å². The van der Waals surface area contributed by atoms with Crippen molar-refractivity contribution in [1.29, 1.82) is 5.41 Å². The molecule has 1 heterocycles. The van der Waals surface area contributed by atoms with Crippen LogP contribution in [0.4, 0.5) is 5.69 Å². The number of esters is 1. The number of nitrogens with zero attached hydrogens (tertiary/aromatic N) is 3. The predicted molar refractivity (Wildman–Crippen MR) is 137 cm³/mol. The van der Waals surface area contributed by atoms with Gasteiger partial charge in [-0.15, -0.1) is 0 Å². The summed E-state index contributed by atoms with van der Waals surface area (Å²) in [6, 6.07) is 13.7. The normalized spacial score (nSPS) is 13.8. The Balaban J connectivity index is 1.58. The number of anilines is 1. The van der Waals surface area contributed by atoms with Crippen LogP contribution in [0.25, 0.3) is 11.0 Å². The quantitative estimate of drug-likeness (QED) is 0.275. The molecule has 1 aromatic heterocycles. The van der Waals surface area contributed by atoms with Crippen molar-refractivity contribution in [3.63, 3.8) is 0 Å². The highest BCUT2D eigenvalue weighted by molar-refractivity contribution is 5.97. The number of nitrogens with one attached hydrogen (secondary N) is 1. The minimum Gasteiger partial charge on any atom is -0.466 e. The second-order valence-corrected chi connectivity index (χ2v) is 9.05. The summed E-state index contributed by atoms with van der Waals surface area (Å²) in [6.07, 6.45) is 5.00. The van der Waals surface area contributed by atoms with Crippen molar-refractivity contribution >= 4 is 34.4 Å². The SMILES string of the molecule is CCOC(=O)CCC(=O)N(c1ccc2c(c1)nc(Cc1ccc(C(=N)N)cc1)n2C)C1CCCC1. The summed E-state index contributed by atoms with van der Waals surface area (Å²) in [5, 5.41) is 7.56. The van der Waals surface area contributed by atoms with Gasteiger partial charge in [0.2, 0.25) is 5.91 Å². The van der Waals surface area contributed by atoms with Crippen molar-refractivity contribution in [1.82, 2.24) is 9.55 Å². The van der Waals surface area contributed by atoms with Gasteiger partial charge in [0.25, 0.3) is 0 Å². The molecule has 8 heteroatoms. The Labute approximate surface area is 205 Å². The van der Waals surface area contributed by atoms with Crippen LogP contribution in [0.3, 0.4) is 0 Å². The molecule has 3 aromatic rings. The third-order valence-corrected chi connectivity index (χ3v) is 6.67. The molecule has 0 unspecified atom stereocenters. The van der Waals surface area contributed by atoms with Gasteiger partial charge >= 0.3 is 5.97 Å². The van der Waals surface area contributed by atoms with E-state index in [1.807, 2.05) is 54.4 Å². The Morgan fingerprint density at radius 3 is 2.51 bits per heavy atom. The molecule has 1 amide bonds. The summed E-state index contributed by atoms with van der Waals surface area (Å²) in [7, 11) is 1.99. The highest BCUT2D eigenvalue weighted by Gasteiger charge is 2.29. The molecule has 4 rings (SSSR count). The molecular formula is C27H33N5O3. The van der Waals surface area contributed by atoms with Gasteiger partial charge in [-0.2, -0.15) is 0 Å². The summed E-state index contributed by atoms with van der Waals surface area (Å²) in [5.41, 5.74) is 9.99. The number of nitrogen functional groups attached to an aromatic ring is 1. The number of hydrogen-bond acceptors (Lipinski definition) is 5. The Hall–Kier alpha value is -3.68. The minimum absolute atomic E-state index is 0.0500. The number of aromatic nitrogens is 2. The van der Waals surface area contributed by atoms with Crippen LogP contribution in [0.2, 0.25) is 0 Å². The van der Waals surface area contributed by atoms with Crippen molar-refractivity contribution in [3.05, 3.63) is 59.4 Å². The molecule has 0 atom stereocenters. The Morgan fingerprint density at radius 1 is 1.14 bits per heavy atom. The van der Waals surface area contributed by atoms with Crippen LogP contribution in [-0.4, -0.2) is 39.9 Å². The van der Waals surface area contributed by atoms with Crippen molar-refractivity contribution in [2.45, 2.75) is 57.9 Å². The van der Waals surface area contributed by atoms with E-state index < -0.39 is 0 Å². The zero-order valence-electron chi connectivity index (χ0n) is 20.4. The first kappa shape index (κ1) is 24.4. The number of aryl methyl sites for hydroxylation is 1. The Bertz CT molecular complexity index is 1230. The highest BCUT2D eigenvalue weighted by atomic mass is 16.5. The van der Waals surface area contributed by atoms with E-state index in [0.29, 0.717) is 18.6 Å². The van der Waals surface area contributed by atoms with Crippen molar-refractivity contribution < 1.29 is 14.3 Å². The van der Waals surface area contributed by atoms with E-state index in [-0.39, 0.29) is 36.6 Å². The van der Waals surface area contributed by atoms with Gasteiger partial charge in [-0.05, 0) is 43.5 Å². The number of amides is 1. The van der Waals surface area contributed by atoms with Crippen molar-refractivity contribution in [3.8, 4) is 0 Å². The fraction of sp³-hybridized carbons (Fsp3) is 0.407. The molecule has 3 N–H and O–H groups in total.